The SMILES string of the molecule is [2H]C([2H])([2H])C([2H])(C([2H])([2H])C)C([2H])([2H])C1CN2CCc3cc(OC)c(OC)cc3C2CC1=O.[2H]C1(CC(C)C)CN2CCc3cc(OC)c(OC)cc3C2C([2H])([2H])C1=O.[2H]C1([2H])C(=O)C([2H])(C([2H])([2H])C([2H])(C([2H])([2H])[2H])C([2H])([2H])C)CN2CCc3cc(OC)c(OC)cc3C21.[2H]C1([2H])C(=O)C([2H])(CC(C)C)C([2H])([2H])N2CCc3cc(OC)c(OC)cc3C21.[2H]C1([2H])C(C([2H])([2H])C([2H])(C([2H])([2H])[2H])C([2H])([2H])C)C(=O)CC2c3cc(OC)c(OC)cc3CCN21.[2H]C1([2H])C(CC(C)C)C(=O)CC2c3cc(OC)c(OC)cc3CCN21. The first-order valence-corrected chi connectivity index (χ1v) is 48.3. The summed E-state index contributed by atoms with van der Waals surface area (Å²) in [5, 5.41) is 0. The lowest BCUT2D eigenvalue weighted by molar-refractivity contribution is -0.130. The highest BCUT2D eigenvalue weighted by Crippen LogP contribution is 2.51. The third-order valence-corrected chi connectivity index (χ3v) is 27.6. The van der Waals surface area contributed by atoms with Gasteiger partial charge in [0.05, 0.1) is 85.3 Å². The second-order valence-corrected chi connectivity index (χ2v) is 37.7. The Balaban J connectivity index is 0.000000176. The number of hydrogen-bond donors (Lipinski definition) is 0. The van der Waals surface area contributed by atoms with Crippen LogP contribution in [0.2, 0.25) is 0 Å². The van der Waals surface area contributed by atoms with E-state index in [2.05, 4.69) is 0 Å². The summed E-state index contributed by atoms with van der Waals surface area (Å²) in [6.07, 6.45) is -21.7. The van der Waals surface area contributed by atoms with Crippen molar-refractivity contribution in [2.24, 2.45) is 70.9 Å². The second kappa shape index (κ2) is 50.0. The van der Waals surface area contributed by atoms with E-state index in [1.54, 1.807) is 71.9 Å². The number of nitrogens with zero attached hydrogens (tertiary/aromatic N) is 6. The molecule has 0 aromatic heterocycles. The molecule has 12 heterocycles. The average Bonchev–Trinajstić information content (AvgIpc) is 0.683. The third-order valence-electron chi connectivity index (χ3n) is 27.6. The largest absolute Gasteiger partial charge is 0.493 e. The second-order valence-electron chi connectivity index (χ2n) is 37.7. The van der Waals surface area contributed by atoms with E-state index in [-0.39, 0.29) is 81.7 Å². The molecule has 15 atom stereocenters. The van der Waals surface area contributed by atoms with E-state index in [9.17, 15) is 28.8 Å². The molecular weight excluding hydrogens is 1780 g/mol. The lowest BCUT2D eigenvalue weighted by Crippen LogP contribution is -2.46. The molecule has 24 heteroatoms. The average molecular weight is 1990 g/mol. The lowest BCUT2D eigenvalue weighted by atomic mass is 9.79. The van der Waals surface area contributed by atoms with Crippen molar-refractivity contribution in [1.82, 2.24) is 29.4 Å². The van der Waals surface area contributed by atoms with Gasteiger partial charge in [-0.3, -0.25) is 58.2 Å². The van der Waals surface area contributed by atoms with Gasteiger partial charge in [0.25, 0.3) is 0 Å². The summed E-state index contributed by atoms with van der Waals surface area (Å²) >= 11 is 0. The molecule has 0 spiro atoms. The number of carbonyl (C=O) groups is 6. The fraction of sp³-hybridized carbons (Fsp3) is 0.641. The van der Waals surface area contributed by atoms with Crippen LogP contribution in [0.4, 0.5) is 0 Å². The van der Waals surface area contributed by atoms with Crippen LogP contribution in [0.15, 0.2) is 72.8 Å². The Bertz CT molecular complexity index is 7190. The van der Waals surface area contributed by atoms with Crippen LogP contribution in [0, 0.1) is 70.9 Å². The molecule has 141 heavy (non-hydrogen) atoms. The van der Waals surface area contributed by atoms with Crippen molar-refractivity contribution in [3.63, 3.8) is 0 Å². The molecule has 6 fully saturated rings. The molecule has 6 saturated heterocycles. The van der Waals surface area contributed by atoms with Crippen molar-refractivity contribution in [2.75, 3.05) is 164 Å². The fourth-order valence-electron chi connectivity index (χ4n) is 20.4. The zero-order valence-electron chi connectivity index (χ0n) is 124. The highest BCUT2D eigenvalue weighted by atomic mass is 16.5. The molecule has 15 unspecified atom stereocenters. The number of ether oxygens (including phenoxy) is 12. The number of hydrogen-bond acceptors (Lipinski definition) is 24. The topological polar surface area (TPSA) is 233 Å². The standard InChI is InChI=1S/3C20H29NO3.3C19H27NO3/c3*1-5-13(2)8-15-12-21-7-6-14-9-19(23-3)20(24-4)10-16(14)17(21)11-18(15)22;3*1-12(2)7-14-11-20-6-5-13-8-18(22-3)19(23-4)9-15(13)16(20)10-17(14)21/h3*9-10,13,15,17H,5-8,11-12H2,1-4H3;3*8-9,12,14,16H,5-7,10-11H2,1-4H3/i2D3,5D2,8D2,11D2,13D,15D;2D3,5D2,8D2,12D2,13D;2D3,5D2,8D2,13D;10D2,11D2,14D;10D2,14D;11D2. The highest BCUT2D eigenvalue weighted by molar-refractivity contribution is 5.86. The van der Waals surface area contributed by atoms with Gasteiger partial charge in [-0.2, -0.15) is 0 Å². The quantitative estimate of drug-likeness (QED) is 0.0466. The summed E-state index contributed by atoms with van der Waals surface area (Å²) in [4.78, 5) is 88.9. The highest BCUT2D eigenvalue weighted by Gasteiger charge is 2.47. The zero-order valence-corrected chi connectivity index (χ0v) is 85.2. The number of piperidine rings is 6. The first-order chi connectivity index (χ1) is 82.5. The fourth-order valence-corrected chi connectivity index (χ4v) is 20.4. The smallest absolute Gasteiger partial charge is 0.161 e. The van der Waals surface area contributed by atoms with E-state index in [0.717, 1.165) is 78.1 Å². The lowest BCUT2D eigenvalue weighted by Gasteiger charge is -2.43. The minimum Gasteiger partial charge on any atom is -0.493 e. The van der Waals surface area contributed by atoms with E-state index in [0.29, 0.717) is 162 Å². The van der Waals surface area contributed by atoms with Gasteiger partial charge >= 0.3 is 0 Å². The monoisotopic (exact) mass is 1980 g/mol. The molecule has 18 rings (SSSR count). The van der Waals surface area contributed by atoms with Gasteiger partial charge in [-0.05, 0) is 252 Å². The van der Waals surface area contributed by atoms with Crippen LogP contribution in [0.5, 0.6) is 69.0 Å². The number of fused-ring (bicyclic) bond motifs is 18. The molecule has 12 aliphatic rings. The molecule has 24 nitrogen and oxygen atoms in total. The van der Waals surface area contributed by atoms with Crippen molar-refractivity contribution in [3.05, 3.63) is 140 Å². The van der Waals surface area contributed by atoms with Gasteiger partial charge in [0.1, 0.15) is 34.7 Å². The molecule has 0 amide bonds. The normalized spacial score (nSPS) is 34.0. The van der Waals surface area contributed by atoms with Gasteiger partial charge in [0.15, 0.2) is 69.0 Å². The van der Waals surface area contributed by atoms with Crippen molar-refractivity contribution in [3.8, 4) is 69.0 Å². The summed E-state index contributed by atoms with van der Waals surface area (Å²) in [6, 6.07) is 16.9. The third kappa shape index (κ3) is 25.6. The van der Waals surface area contributed by atoms with Crippen molar-refractivity contribution in [1.29, 1.82) is 0 Å². The Morgan fingerprint density at radius 1 is 0.298 bits per heavy atom. The minimum atomic E-state index is -3.60. The number of methoxy groups -OCH3 is 12. The maximum Gasteiger partial charge on any atom is 0.161 e. The maximum absolute atomic E-state index is 13.6. The molecule has 6 aromatic rings. The van der Waals surface area contributed by atoms with Gasteiger partial charge in [-0.15, -0.1) is 0 Å². The number of rotatable bonds is 27. The van der Waals surface area contributed by atoms with Crippen LogP contribution in [-0.2, 0) is 67.3 Å². The minimum absolute atomic E-state index is 0.0302. The first kappa shape index (κ1) is 67.4. The molecule has 0 saturated carbocycles. The Morgan fingerprint density at radius 2 is 0.539 bits per heavy atom. The molecule has 0 radical (unpaired) electrons. The van der Waals surface area contributed by atoms with E-state index in [1.165, 1.54) is 70.5 Å². The molecule has 6 aromatic carbocycles. The summed E-state index contributed by atoms with van der Waals surface area (Å²) in [5.41, 5.74) is 9.56. The van der Waals surface area contributed by atoms with Crippen LogP contribution in [0.1, 0.15) is 335 Å². The predicted octanol–water partition coefficient (Wildman–Crippen LogP) is 20.6. The van der Waals surface area contributed by atoms with Crippen LogP contribution < -0.4 is 56.8 Å². The maximum atomic E-state index is 13.6. The molecular formula is C117H168N6O18. The van der Waals surface area contributed by atoms with Gasteiger partial charge in [-0.25, -0.2) is 0 Å². The van der Waals surface area contributed by atoms with Gasteiger partial charge in [-0.1, -0.05) is 102 Å². The number of benzene rings is 6. The van der Waals surface area contributed by atoms with E-state index < -0.39 is 210 Å². The molecule has 0 bridgehead atoms. The van der Waals surface area contributed by atoms with Crippen LogP contribution in [-0.4, -0.2) is 228 Å². The van der Waals surface area contributed by atoms with Crippen molar-refractivity contribution in [2.45, 2.75) is 254 Å². The summed E-state index contributed by atoms with van der Waals surface area (Å²) in [5.74, 6) is -19.1. The first-order valence-electron chi connectivity index (χ1n) is 67.8. The Morgan fingerprint density at radius 3 is 0.865 bits per heavy atom. The van der Waals surface area contributed by atoms with Gasteiger partial charge in [0.2, 0.25) is 0 Å². The van der Waals surface area contributed by atoms with E-state index in [4.69, 9.17) is 110 Å². The molecule has 12 aliphatic heterocycles. The van der Waals surface area contributed by atoms with Crippen LogP contribution in [0.3, 0.4) is 0 Å². The Kier molecular flexibility index (Phi) is 23.9. The number of carbonyl (C=O) groups excluding carboxylic acids is 6. The zero-order chi connectivity index (χ0) is 136. The van der Waals surface area contributed by atoms with Crippen molar-refractivity contribution < 1.29 is 139 Å². The van der Waals surface area contributed by atoms with Crippen LogP contribution >= 0.6 is 0 Å². The van der Waals surface area contributed by atoms with Crippen LogP contribution in [0.25, 0.3) is 0 Å². The Labute approximate surface area is 897 Å². The number of ketones is 6. The predicted molar refractivity (Wildman–Crippen MR) is 555 cm³/mol. The molecule has 0 aliphatic carbocycles. The Hall–Kier alpha value is -9.30. The summed E-state index contributed by atoms with van der Waals surface area (Å²) in [7, 11) is 18.1. The van der Waals surface area contributed by atoms with E-state index >= 15 is 0 Å². The van der Waals surface area contributed by atoms with Gasteiger partial charge in [0, 0.05) is 242 Å². The summed E-state index contributed by atoms with van der Waals surface area (Å²) < 4.78 is 389. The number of Topliss-reactive ketones (excluding diaryl/α,β-unsaturated/α-hetero) is 6. The molecule has 774 valence electrons. The van der Waals surface area contributed by atoms with Gasteiger partial charge < -0.3 is 56.8 Å². The van der Waals surface area contributed by atoms with Crippen molar-refractivity contribution >= 4 is 34.7 Å². The molecule has 0 N–H and O–H groups in total. The summed E-state index contributed by atoms with van der Waals surface area (Å²) in [6.45, 7) is -1.24. The van der Waals surface area contributed by atoms with E-state index in [1.807, 2.05) is 86.6 Å².